The molecule has 3 aromatic carbocycles. The third-order valence-electron chi connectivity index (χ3n) is 5.06. The number of hydrogen-bond donors (Lipinski definition) is 1. The molecule has 3 rings (SSSR count). The van der Waals surface area contributed by atoms with Gasteiger partial charge in [0.05, 0.1) is 32.0 Å². The van der Waals surface area contributed by atoms with Crippen LogP contribution in [-0.2, 0) is 11.4 Å². The van der Waals surface area contributed by atoms with Gasteiger partial charge in [-0.15, -0.1) is 0 Å². The minimum absolute atomic E-state index is 0.114. The van der Waals surface area contributed by atoms with E-state index in [1.165, 1.54) is 39.5 Å². The molecule has 180 valence electrons. The maximum atomic E-state index is 12.8. The summed E-state index contributed by atoms with van der Waals surface area (Å²) in [5.74, 6) is 1.10. The van der Waals surface area contributed by atoms with E-state index in [0.717, 1.165) is 11.1 Å². The lowest BCUT2D eigenvalue weighted by Crippen LogP contribution is -2.14. The molecule has 0 saturated heterocycles. The predicted molar refractivity (Wildman–Crippen MR) is 135 cm³/mol. The van der Waals surface area contributed by atoms with E-state index in [2.05, 4.69) is 5.32 Å². The Morgan fingerprint density at radius 1 is 0.971 bits per heavy atom. The summed E-state index contributed by atoms with van der Waals surface area (Å²) in [7, 11) is 4.44. The lowest BCUT2D eigenvalue weighted by atomic mass is 10.1. The van der Waals surface area contributed by atoms with E-state index in [-0.39, 0.29) is 5.57 Å². The Hall–Kier alpha value is -4.15. The molecule has 0 aliphatic heterocycles. The molecule has 0 atom stereocenters. The zero-order valence-corrected chi connectivity index (χ0v) is 20.6. The largest absolute Gasteiger partial charge is 0.495 e. The van der Waals surface area contributed by atoms with Crippen LogP contribution in [0, 0.1) is 18.3 Å². The van der Waals surface area contributed by atoms with Crippen LogP contribution in [0.1, 0.15) is 16.7 Å². The molecule has 1 N–H and O–H groups in total. The number of nitriles is 1. The summed E-state index contributed by atoms with van der Waals surface area (Å²) >= 11 is 6.12. The van der Waals surface area contributed by atoms with Crippen molar-refractivity contribution in [2.24, 2.45) is 0 Å². The highest BCUT2D eigenvalue weighted by molar-refractivity contribution is 6.32. The second-order valence-corrected chi connectivity index (χ2v) is 7.91. The van der Waals surface area contributed by atoms with E-state index in [4.69, 9.17) is 30.5 Å². The Labute approximate surface area is 209 Å². The molecule has 0 unspecified atom stereocenters. The lowest BCUT2D eigenvalue weighted by molar-refractivity contribution is -0.112. The molecule has 0 fully saturated rings. The van der Waals surface area contributed by atoms with Crippen LogP contribution >= 0.6 is 11.6 Å². The number of halogens is 1. The Morgan fingerprint density at radius 3 is 2.37 bits per heavy atom. The summed E-state index contributed by atoms with van der Waals surface area (Å²) < 4.78 is 21.8. The number of amides is 1. The molecule has 0 aliphatic rings. The Balaban J connectivity index is 1.80. The van der Waals surface area contributed by atoms with Crippen LogP contribution in [0.15, 0.2) is 60.2 Å². The van der Waals surface area contributed by atoms with Crippen molar-refractivity contribution in [3.63, 3.8) is 0 Å². The molecule has 0 heterocycles. The highest BCUT2D eigenvalue weighted by Gasteiger charge is 2.16. The number of benzene rings is 3. The fourth-order valence-corrected chi connectivity index (χ4v) is 3.55. The van der Waals surface area contributed by atoms with Gasteiger partial charge in [0.1, 0.15) is 29.7 Å². The van der Waals surface area contributed by atoms with E-state index >= 15 is 0 Å². The summed E-state index contributed by atoms with van der Waals surface area (Å²) in [4.78, 5) is 12.8. The van der Waals surface area contributed by atoms with Crippen LogP contribution in [-0.4, -0.2) is 27.2 Å². The van der Waals surface area contributed by atoms with Gasteiger partial charge >= 0.3 is 0 Å². The van der Waals surface area contributed by atoms with Crippen molar-refractivity contribution in [1.29, 1.82) is 5.26 Å². The Kier molecular flexibility index (Phi) is 8.60. The van der Waals surface area contributed by atoms with Gasteiger partial charge in [-0.05, 0) is 36.3 Å². The quantitative estimate of drug-likeness (QED) is 0.300. The molecule has 0 radical (unpaired) electrons. The van der Waals surface area contributed by atoms with E-state index in [1.807, 2.05) is 37.3 Å². The van der Waals surface area contributed by atoms with Crippen molar-refractivity contribution in [2.45, 2.75) is 13.5 Å². The second kappa shape index (κ2) is 11.8. The minimum atomic E-state index is -0.617. The van der Waals surface area contributed by atoms with Gasteiger partial charge in [-0.25, -0.2) is 0 Å². The van der Waals surface area contributed by atoms with Gasteiger partial charge < -0.3 is 24.3 Å². The molecule has 0 spiro atoms. The van der Waals surface area contributed by atoms with Crippen molar-refractivity contribution in [2.75, 3.05) is 26.6 Å². The molecular weight excluding hydrogens is 468 g/mol. The van der Waals surface area contributed by atoms with Crippen molar-refractivity contribution in [1.82, 2.24) is 0 Å². The first-order valence-electron chi connectivity index (χ1n) is 10.6. The van der Waals surface area contributed by atoms with E-state index < -0.39 is 5.91 Å². The van der Waals surface area contributed by atoms with Crippen LogP contribution in [0.2, 0.25) is 5.02 Å². The van der Waals surface area contributed by atoms with Gasteiger partial charge in [-0.1, -0.05) is 47.5 Å². The predicted octanol–water partition coefficient (Wildman–Crippen LogP) is 5.80. The zero-order valence-electron chi connectivity index (χ0n) is 19.8. The van der Waals surface area contributed by atoms with E-state index in [9.17, 15) is 10.1 Å². The third kappa shape index (κ3) is 6.46. The highest BCUT2D eigenvalue weighted by Crippen LogP contribution is 2.36. The molecular formula is C27H25ClN2O5. The Morgan fingerprint density at radius 2 is 1.71 bits per heavy atom. The molecule has 35 heavy (non-hydrogen) atoms. The monoisotopic (exact) mass is 492 g/mol. The molecule has 8 heteroatoms. The molecule has 0 aliphatic carbocycles. The average Bonchev–Trinajstić information content (AvgIpc) is 2.86. The van der Waals surface area contributed by atoms with Crippen molar-refractivity contribution < 1.29 is 23.7 Å². The van der Waals surface area contributed by atoms with Crippen LogP contribution in [0.4, 0.5) is 5.69 Å². The number of nitrogens with zero attached hydrogens (tertiary/aromatic N) is 1. The van der Waals surface area contributed by atoms with Gasteiger partial charge in [0.15, 0.2) is 11.5 Å². The minimum Gasteiger partial charge on any atom is -0.495 e. The van der Waals surface area contributed by atoms with Gasteiger partial charge in [-0.2, -0.15) is 5.26 Å². The van der Waals surface area contributed by atoms with Crippen LogP contribution in [0.25, 0.3) is 6.08 Å². The van der Waals surface area contributed by atoms with Crippen molar-refractivity contribution in [3.05, 3.63) is 81.9 Å². The van der Waals surface area contributed by atoms with Crippen LogP contribution < -0.4 is 24.3 Å². The second-order valence-electron chi connectivity index (χ2n) is 7.50. The summed E-state index contributed by atoms with van der Waals surface area (Å²) in [6, 6.07) is 18.2. The summed E-state index contributed by atoms with van der Waals surface area (Å²) in [6.45, 7) is 2.40. The summed E-state index contributed by atoms with van der Waals surface area (Å²) in [5, 5.41) is 12.6. The average molecular weight is 493 g/mol. The van der Waals surface area contributed by atoms with Crippen molar-refractivity contribution >= 4 is 29.3 Å². The normalized spacial score (nSPS) is 10.8. The summed E-state index contributed by atoms with van der Waals surface area (Å²) in [6.07, 6.45) is 1.46. The van der Waals surface area contributed by atoms with Gasteiger partial charge in [0.2, 0.25) is 0 Å². The number of aryl methyl sites for hydroxylation is 1. The fourth-order valence-electron chi connectivity index (χ4n) is 3.32. The van der Waals surface area contributed by atoms with Gasteiger partial charge in [-0.3, -0.25) is 4.79 Å². The van der Waals surface area contributed by atoms with E-state index in [0.29, 0.717) is 45.9 Å². The number of ether oxygens (including phenoxy) is 4. The maximum absolute atomic E-state index is 12.8. The number of anilines is 1. The number of carbonyl (C=O) groups is 1. The van der Waals surface area contributed by atoms with Crippen LogP contribution in [0.5, 0.6) is 23.0 Å². The molecule has 7 nitrogen and oxygen atoms in total. The Bertz CT molecular complexity index is 1300. The fraction of sp³-hybridized carbons (Fsp3) is 0.185. The van der Waals surface area contributed by atoms with E-state index in [1.54, 1.807) is 18.2 Å². The van der Waals surface area contributed by atoms with Gasteiger partial charge in [0.25, 0.3) is 5.91 Å². The molecule has 0 bridgehead atoms. The zero-order chi connectivity index (χ0) is 25.4. The number of carbonyl (C=O) groups excluding carboxylic acids is 1. The van der Waals surface area contributed by atoms with Crippen molar-refractivity contribution in [3.8, 4) is 29.1 Å². The number of methoxy groups -OCH3 is 3. The number of rotatable bonds is 9. The first kappa shape index (κ1) is 25.5. The molecule has 0 aromatic heterocycles. The topological polar surface area (TPSA) is 89.8 Å². The highest BCUT2D eigenvalue weighted by atomic mass is 35.5. The SMILES string of the molecule is COc1cc(NC(=O)/C(C#N)=C/c2ccc(OCc3cccc(C)c3)c(OC)c2)c(OC)cc1Cl. The molecule has 0 saturated carbocycles. The molecule has 3 aromatic rings. The third-order valence-corrected chi connectivity index (χ3v) is 5.36. The van der Waals surface area contributed by atoms with Gasteiger partial charge in [0, 0.05) is 12.1 Å². The lowest BCUT2D eigenvalue weighted by Gasteiger charge is -2.13. The standard InChI is InChI=1S/C27H25ClN2O5/c1-17-6-5-7-19(10-17)16-35-23-9-8-18(12-26(23)34-4)11-20(15-29)27(31)30-22-14-24(32-2)21(28)13-25(22)33-3/h5-14H,16H2,1-4H3,(H,30,31)/b20-11+. The first-order chi connectivity index (χ1) is 16.9. The smallest absolute Gasteiger partial charge is 0.266 e. The number of hydrogen-bond acceptors (Lipinski definition) is 6. The number of nitrogens with one attached hydrogen (secondary N) is 1. The van der Waals surface area contributed by atoms with Crippen LogP contribution in [0.3, 0.4) is 0 Å². The molecule has 1 amide bonds. The summed E-state index contributed by atoms with van der Waals surface area (Å²) in [5.41, 5.74) is 2.98. The maximum Gasteiger partial charge on any atom is 0.266 e. The first-order valence-corrected chi connectivity index (χ1v) is 11.0.